The van der Waals surface area contributed by atoms with Crippen LogP contribution in [0.25, 0.3) is 0 Å². The van der Waals surface area contributed by atoms with E-state index >= 15 is 0 Å². The highest BCUT2D eigenvalue weighted by atomic mass is 16.5. The first kappa shape index (κ1) is 20.1. The molecule has 8 nitrogen and oxygen atoms in total. The summed E-state index contributed by atoms with van der Waals surface area (Å²) >= 11 is 0. The van der Waals surface area contributed by atoms with Crippen LogP contribution in [0.3, 0.4) is 0 Å². The van der Waals surface area contributed by atoms with E-state index in [-0.39, 0.29) is 36.1 Å². The summed E-state index contributed by atoms with van der Waals surface area (Å²) in [5.41, 5.74) is -0.490. The van der Waals surface area contributed by atoms with Crippen LogP contribution < -0.4 is 10.2 Å². The van der Waals surface area contributed by atoms with Crippen LogP contribution in [0.5, 0.6) is 0 Å². The molecule has 27 heavy (non-hydrogen) atoms. The Morgan fingerprint density at radius 3 is 2.26 bits per heavy atom. The number of esters is 1. The van der Waals surface area contributed by atoms with Crippen LogP contribution in [0, 0.1) is 17.2 Å². The van der Waals surface area contributed by atoms with Crippen LogP contribution in [-0.2, 0) is 19.1 Å². The second-order valence-corrected chi connectivity index (χ2v) is 6.76. The van der Waals surface area contributed by atoms with Crippen molar-refractivity contribution in [3.63, 3.8) is 0 Å². The Morgan fingerprint density at radius 1 is 1.22 bits per heavy atom. The Bertz CT molecular complexity index is 794. The summed E-state index contributed by atoms with van der Waals surface area (Å²) in [7, 11) is 0. The van der Waals surface area contributed by atoms with E-state index in [1.165, 1.54) is 24.3 Å². The van der Waals surface area contributed by atoms with Crippen molar-refractivity contribution in [3.8, 4) is 6.07 Å². The number of ether oxygens (including phenoxy) is 1. The highest BCUT2D eigenvalue weighted by Crippen LogP contribution is 2.23. The molecule has 0 aliphatic carbocycles. The number of nitrogens with zero attached hydrogens (tertiary/aromatic N) is 2. The Kier molecular flexibility index (Phi) is 5.95. The van der Waals surface area contributed by atoms with E-state index in [0.29, 0.717) is 5.69 Å². The van der Waals surface area contributed by atoms with Crippen LogP contribution >= 0.6 is 0 Å². The van der Waals surface area contributed by atoms with Crippen LogP contribution in [-0.4, -0.2) is 35.8 Å². The number of nitriles is 1. The first-order chi connectivity index (χ1) is 12.7. The van der Waals surface area contributed by atoms with E-state index in [9.17, 15) is 24.4 Å². The summed E-state index contributed by atoms with van der Waals surface area (Å²) in [6, 6.07) is 7.82. The molecule has 1 N–H and O–H groups in total. The quantitative estimate of drug-likeness (QED) is 0.599. The normalized spacial score (nSPS) is 16.0. The molecule has 1 heterocycles. The third-order valence-electron chi connectivity index (χ3n) is 4.53. The molecular weight excluding hydrogens is 350 g/mol. The van der Waals surface area contributed by atoms with Crippen molar-refractivity contribution in [2.24, 2.45) is 5.92 Å². The van der Waals surface area contributed by atoms with E-state index in [4.69, 9.17) is 4.74 Å². The molecule has 0 bridgehead atoms. The summed E-state index contributed by atoms with van der Waals surface area (Å²) in [5, 5.41) is 11.7. The van der Waals surface area contributed by atoms with Gasteiger partial charge in [0.2, 0.25) is 11.8 Å². The predicted octanol–water partition coefficient (Wildman–Crippen LogP) is 1.55. The van der Waals surface area contributed by atoms with Gasteiger partial charge >= 0.3 is 5.97 Å². The van der Waals surface area contributed by atoms with Crippen LogP contribution in [0.1, 0.15) is 44.0 Å². The highest BCUT2D eigenvalue weighted by Gasteiger charge is 2.31. The van der Waals surface area contributed by atoms with Crippen molar-refractivity contribution >= 4 is 29.4 Å². The molecule has 1 aliphatic rings. The van der Waals surface area contributed by atoms with Gasteiger partial charge in [-0.05, 0) is 37.1 Å². The lowest BCUT2D eigenvalue weighted by atomic mass is 9.90. The molecule has 1 aromatic carbocycles. The third-order valence-corrected chi connectivity index (χ3v) is 4.53. The topological polar surface area (TPSA) is 117 Å². The van der Waals surface area contributed by atoms with Crippen molar-refractivity contribution < 1.29 is 23.9 Å². The minimum atomic E-state index is -1.06. The maximum Gasteiger partial charge on any atom is 0.338 e. The lowest BCUT2D eigenvalue weighted by molar-refractivity contribution is -0.126. The third kappa shape index (κ3) is 4.50. The van der Waals surface area contributed by atoms with Crippen molar-refractivity contribution in [2.45, 2.75) is 39.2 Å². The molecule has 1 atom stereocenters. The average molecular weight is 371 g/mol. The van der Waals surface area contributed by atoms with Gasteiger partial charge in [0, 0.05) is 12.8 Å². The van der Waals surface area contributed by atoms with Gasteiger partial charge in [-0.2, -0.15) is 5.26 Å². The zero-order valence-electron chi connectivity index (χ0n) is 15.4. The summed E-state index contributed by atoms with van der Waals surface area (Å²) in [5.74, 6) is -1.98. The smallest absolute Gasteiger partial charge is 0.338 e. The van der Waals surface area contributed by atoms with Gasteiger partial charge in [0.25, 0.3) is 5.91 Å². The van der Waals surface area contributed by atoms with Crippen molar-refractivity contribution in [3.05, 3.63) is 29.8 Å². The zero-order chi connectivity index (χ0) is 20.2. The zero-order valence-corrected chi connectivity index (χ0v) is 15.4. The number of anilines is 1. The second kappa shape index (κ2) is 7.99. The minimum absolute atomic E-state index is 0.120. The fourth-order valence-electron chi connectivity index (χ4n) is 2.45. The molecule has 1 aliphatic heterocycles. The molecule has 0 spiro atoms. The molecule has 3 amide bonds. The molecule has 0 radical (unpaired) electrons. The Balaban J connectivity index is 1.95. The van der Waals surface area contributed by atoms with Gasteiger partial charge in [-0.3, -0.25) is 19.3 Å². The molecule has 0 unspecified atom stereocenters. The minimum Gasteiger partial charge on any atom is -0.452 e. The molecule has 0 aromatic heterocycles. The van der Waals surface area contributed by atoms with Crippen molar-refractivity contribution in [1.29, 1.82) is 5.26 Å². The van der Waals surface area contributed by atoms with Crippen LogP contribution in [0.4, 0.5) is 5.69 Å². The van der Waals surface area contributed by atoms with Gasteiger partial charge in [-0.1, -0.05) is 13.8 Å². The van der Waals surface area contributed by atoms with Gasteiger partial charge in [-0.25, -0.2) is 4.79 Å². The van der Waals surface area contributed by atoms with Gasteiger partial charge in [-0.15, -0.1) is 0 Å². The van der Waals surface area contributed by atoms with Crippen molar-refractivity contribution in [1.82, 2.24) is 5.32 Å². The van der Waals surface area contributed by atoms with Gasteiger partial charge < -0.3 is 10.1 Å². The Labute approximate surface area is 157 Å². The molecule has 0 saturated carbocycles. The standard InChI is InChI=1S/C19H21N3O5/c1-12(2)19(3,11-20)21-15(23)10-27-18(26)13-4-6-14(7-5-13)22-16(24)8-9-17(22)25/h4-7,12H,8-10H2,1-3H3,(H,21,23)/t19-/m0/s1. The number of nitrogens with one attached hydrogen (secondary N) is 1. The molecule has 1 saturated heterocycles. The number of carbonyl (C=O) groups excluding carboxylic acids is 4. The summed E-state index contributed by atoms with van der Waals surface area (Å²) in [6.07, 6.45) is 0.353. The number of hydrogen-bond donors (Lipinski definition) is 1. The fraction of sp³-hybridized carbons (Fsp3) is 0.421. The number of rotatable bonds is 6. The Morgan fingerprint density at radius 2 is 1.78 bits per heavy atom. The van der Waals surface area contributed by atoms with E-state index in [2.05, 4.69) is 5.32 Å². The summed E-state index contributed by atoms with van der Waals surface area (Å²) < 4.78 is 4.96. The fourth-order valence-corrected chi connectivity index (χ4v) is 2.45. The maximum absolute atomic E-state index is 12.1. The lowest BCUT2D eigenvalue weighted by Gasteiger charge is -2.27. The van der Waals surface area contributed by atoms with Gasteiger partial charge in [0.1, 0.15) is 5.54 Å². The SMILES string of the molecule is CC(C)[C@](C)(C#N)NC(=O)COC(=O)c1ccc(N2C(=O)CCC2=O)cc1. The van der Waals surface area contributed by atoms with Crippen LogP contribution in [0.15, 0.2) is 24.3 Å². The largest absolute Gasteiger partial charge is 0.452 e. The predicted molar refractivity (Wildman–Crippen MR) is 95.5 cm³/mol. The molecule has 2 rings (SSSR count). The van der Waals surface area contributed by atoms with E-state index in [1.54, 1.807) is 20.8 Å². The number of imide groups is 1. The van der Waals surface area contributed by atoms with E-state index < -0.39 is 24.0 Å². The number of carbonyl (C=O) groups is 4. The number of amides is 3. The summed E-state index contributed by atoms with van der Waals surface area (Å²) in [4.78, 5) is 48.5. The first-order valence-corrected chi connectivity index (χ1v) is 8.53. The summed E-state index contributed by atoms with van der Waals surface area (Å²) in [6.45, 7) is 4.67. The molecular formula is C19H21N3O5. The average Bonchev–Trinajstić information content (AvgIpc) is 2.98. The number of benzene rings is 1. The Hall–Kier alpha value is -3.21. The van der Waals surface area contributed by atoms with Crippen LogP contribution in [0.2, 0.25) is 0 Å². The molecule has 142 valence electrons. The van der Waals surface area contributed by atoms with Gasteiger partial charge in [0.05, 0.1) is 17.3 Å². The van der Waals surface area contributed by atoms with Crippen molar-refractivity contribution in [2.75, 3.05) is 11.5 Å². The van der Waals surface area contributed by atoms with Gasteiger partial charge in [0.15, 0.2) is 6.61 Å². The first-order valence-electron chi connectivity index (χ1n) is 8.53. The number of hydrogen-bond acceptors (Lipinski definition) is 6. The highest BCUT2D eigenvalue weighted by molar-refractivity contribution is 6.19. The monoisotopic (exact) mass is 371 g/mol. The molecule has 1 aromatic rings. The molecule has 8 heteroatoms. The maximum atomic E-state index is 12.1. The lowest BCUT2D eigenvalue weighted by Crippen LogP contribution is -2.50. The van der Waals surface area contributed by atoms with E-state index in [1.807, 2.05) is 6.07 Å². The van der Waals surface area contributed by atoms with E-state index in [0.717, 1.165) is 4.90 Å². The second-order valence-electron chi connectivity index (χ2n) is 6.76. The molecule has 1 fully saturated rings.